The number of ether oxygens (including phenoxy) is 1. The predicted octanol–water partition coefficient (Wildman–Crippen LogP) is 2.35. The van der Waals surface area contributed by atoms with Crippen LogP contribution in [-0.4, -0.2) is 61.6 Å². The number of hydrogen-bond acceptors (Lipinski definition) is 8. The number of carbonyl (C=O) groups excluding carboxylic acids is 2. The van der Waals surface area contributed by atoms with Gasteiger partial charge in [0.05, 0.1) is 29.2 Å². The van der Waals surface area contributed by atoms with Gasteiger partial charge >= 0.3 is 5.97 Å². The lowest BCUT2D eigenvalue weighted by molar-refractivity contribution is -0.137. The molecule has 0 bridgehead atoms. The summed E-state index contributed by atoms with van der Waals surface area (Å²) in [6.45, 7) is 6.61. The fraction of sp³-hybridized carbons (Fsp3) is 0.389. The summed E-state index contributed by atoms with van der Waals surface area (Å²) < 4.78 is 6.62. The van der Waals surface area contributed by atoms with E-state index in [0.29, 0.717) is 34.8 Å². The molecule has 0 atom stereocenters. The first-order valence-electron chi connectivity index (χ1n) is 8.80. The number of benzene rings is 1. The van der Waals surface area contributed by atoms with Crippen LogP contribution in [0.1, 0.15) is 18.1 Å². The highest BCUT2D eigenvalue weighted by atomic mass is 32.2. The Morgan fingerprint density at radius 2 is 2.18 bits per heavy atom. The second kappa shape index (κ2) is 9.24. The fourth-order valence-electron chi connectivity index (χ4n) is 2.57. The zero-order valence-corrected chi connectivity index (χ0v) is 17.5. The van der Waals surface area contributed by atoms with Gasteiger partial charge in [0.1, 0.15) is 0 Å². The van der Waals surface area contributed by atoms with Crippen molar-refractivity contribution >= 4 is 35.4 Å². The Balaban J connectivity index is 1.65. The molecular weight excluding hydrogens is 398 g/mol. The van der Waals surface area contributed by atoms with Crippen LogP contribution in [0.5, 0.6) is 0 Å². The molecule has 0 saturated carbocycles. The standard InChI is InChI=1S/C18H21N5O3S2/c1-4-26-17(25)10-16-22(15(24)11-28-16)7-8-27-18-19-20-21-23(18)14-6-5-12(2)13(3)9-14/h5-6,9-10H,4,7-8,11H2,1-3H3/b16-10-. The van der Waals surface area contributed by atoms with E-state index in [1.165, 1.54) is 35.2 Å². The molecule has 10 heteroatoms. The molecule has 1 aliphatic heterocycles. The molecule has 28 heavy (non-hydrogen) atoms. The van der Waals surface area contributed by atoms with Crippen molar-refractivity contribution in [2.75, 3.05) is 24.7 Å². The number of tetrazole rings is 1. The Kier molecular flexibility index (Phi) is 6.74. The lowest BCUT2D eigenvalue weighted by Gasteiger charge is -2.16. The molecule has 0 spiro atoms. The van der Waals surface area contributed by atoms with Crippen LogP contribution < -0.4 is 0 Å². The Bertz CT molecular complexity index is 912. The van der Waals surface area contributed by atoms with Crippen LogP contribution >= 0.6 is 23.5 Å². The maximum absolute atomic E-state index is 12.1. The van der Waals surface area contributed by atoms with Crippen LogP contribution in [0.3, 0.4) is 0 Å². The number of esters is 1. The van der Waals surface area contributed by atoms with Gasteiger partial charge in [-0.2, -0.15) is 4.68 Å². The third-order valence-corrected chi connectivity index (χ3v) is 6.09. The smallest absolute Gasteiger partial charge is 0.333 e. The first-order valence-corrected chi connectivity index (χ1v) is 10.8. The highest BCUT2D eigenvalue weighted by Crippen LogP contribution is 2.29. The van der Waals surface area contributed by atoms with Gasteiger partial charge in [0.15, 0.2) is 0 Å². The van der Waals surface area contributed by atoms with Crippen molar-refractivity contribution < 1.29 is 14.3 Å². The Morgan fingerprint density at radius 3 is 2.93 bits per heavy atom. The van der Waals surface area contributed by atoms with Gasteiger partial charge in [0, 0.05) is 12.3 Å². The first-order chi connectivity index (χ1) is 13.5. The summed E-state index contributed by atoms with van der Waals surface area (Å²) in [5, 5.41) is 13.2. The number of carbonyl (C=O) groups is 2. The Morgan fingerprint density at radius 1 is 1.36 bits per heavy atom. The van der Waals surface area contributed by atoms with Gasteiger partial charge in [-0.3, -0.25) is 4.79 Å². The second-order valence-corrected chi connectivity index (χ2v) is 8.12. The topological polar surface area (TPSA) is 90.2 Å². The molecule has 8 nitrogen and oxygen atoms in total. The maximum atomic E-state index is 12.1. The lowest BCUT2D eigenvalue weighted by atomic mass is 10.1. The minimum Gasteiger partial charge on any atom is -0.463 e. The van der Waals surface area contributed by atoms with E-state index in [0.717, 1.165) is 11.3 Å². The molecule has 1 fully saturated rings. The SMILES string of the molecule is CCOC(=O)/C=C1\SCC(=O)N1CCSc1nnnn1-c1ccc(C)c(C)c1. The van der Waals surface area contributed by atoms with Gasteiger partial charge in [-0.15, -0.1) is 5.10 Å². The van der Waals surface area contributed by atoms with Gasteiger partial charge in [0.25, 0.3) is 0 Å². The molecular formula is C18H21N5O3S2. The third-order valence-electron chi connectivity index (χ3n) is 4.16. The number of hydrogen-bond donors (Lipinski definition) is 0. The molecule has 2 heterocycles. The molecule has 1 aromatic carbocycles. The minimum atomic E-state index is -0.434. The predicted molar refractivity (Wildman–Crippen MR) is 108 cm³/mol. The molecule has 0 unspecified atom stereocenters. The lowest BCUT2D eigenvalue weighted by Crippen LogP contribution is -2.27. The highest BCUT2D eigenvalue weighted by molar-refractivity contribution is 8.04. The van der Waals surface area contributed by atoms with Gasteiger partial charge in [-0.1, -0.05) is 29.6 Å². The summed E-state index contributed by atoms with van der Waals surface area (Å²) in [5.74, 6) is 0.472. The van der Waals surface area contributed by atoms with Crippen LogP contribution in [-0.2, 0) is 14.3 Å². The number of nitrogens with zero attached hydrogens (tertiary/aromatic N) is 5. The summed E-state index contributed by atoms with van der Waals surface area (Å²) in [5.41, 5.74) is 3.26. The molecule has 1 amide bonds. The zero-order valence-electron chi connectivity index (χ0n) is 15.9. The van der Waals surface area contributed by atoms with Crippen molar-refractivity contribution in [3.63, 3.8) is 0 Å². The van der Waals surface area contributed by atoms with E-state index < -0.39 is 5.97 Å². The van der Waals surface area contributed by atoms with Crippen LogP contribution in [0, 0.1) is 13.8 Å². The van der Waals surface area contributed by atoms with Gasteiger partial charge in [-0.25, -0.2) is 4.79 Å². The average molecular weight is 420 g/mol. The van der Waals surface area contributed by atoms with Crippen LogP contribution in [0.25, 0.3) is 5.69 Å². The number of aryl methyl sites for hydroxylation is 2. The fourth-order valence-corrected chi connectivity index (χ4v) is 4.34. The third kappa shape index (κ3) is 4.74. The van der Waals surface area contributed by atoms with Crippen molar-refractivity contribution in [3.05, 3.63) is 40.4 Å². The Labute approximate surface area is 171 Å². The monoisotopic (exact) mass is 419 g/mol. The van der Waals surface area contributed by atoms with Gasteiger partial charge in [-0.05, 0) is 54.5 Å². The number of aromatic nitrogens is 4. The molecule has 1 aliphatic rings. The molecule has 3 rings (SSSR count). The molecule has 1 saturated heterocycles. The molecule has 148 valence electrons. The van der Waals surface area contributed by atoms with E-state index in [2.05, 4.69) is 22.4 Å². The highest BCUT2D eigenvalue weighted by Gasteiger charge is 2.27. The van der Waals surface area contributed by atoms with Crippen molar-refractivity contribution in [1.29, 1.82) is 0 Å². The van der Waals surface area contributed by atoms with E-state index in [1.54, 1.807) is 16.5 Å². The van der Waals surface area contributed by atoms with E-state index in [-0.39, 0.29) is 5.91 Å². The largest absolute Gasteiger partial charge is 0.463 e. The zero-order chi connectivity index (χ0) is 20.1. The normalized spacial score (nSPS) is 15.5. The summed E-state index contributed by atoms with van der Waals surface area (Å²) >= 11 is 2.80. The van der Waals surface area contributed by atoms with E-state index in [9.17, 15) is 9.59 Å². The number of thioether (sulfide) groups is 2. The second-order valence-electron chi connectivity index (χ2n) is 6.06. The summed E-state index contributed by atoms with van der Waals surface area (Å²) in [4.78, 5) is 25.4. The summed E-state index contributed by atoms with van der Waals surface area (Å²) in [7, 11) is 0. The maximum Gasteiger partial charge on any atom is 0.333 e. The molecule has 1 aromatic heterocycles. The first kappa shape index (κ1) is 20.4. The van der Waals surface area contributed by atoms with Crippen molar-refractivity contribution in [2.45, 2.75) is 25.9 Å². The molecule has 0 radical (unpaired) electrons. The molecule has 0 N–H and O–H groups in total. The number of rotatable bonds is 7. The van der Waals surface area contributed by atoms with Crippen molar-refractivity contribution in [1.82, 2.24) is 25.1 Å². The van der Waals surface area contributed by atoms with Crippen LogP contribution in [0.4, 0.5) is 0 Å². The quantitative estimate of drug-likeness (QED) is 0.384. The van der Waals surface area contributed by atoms with Crippen LogP contribution in [0.2, 0.25) is 0 Å². The average Bonchev–Trinajstić information content (AvgIpc) is 3.26. The number of amides is 1. The van der Waals surface area contributed by atoms with Gasteiger partial charge in [0.2, 0.25) is 11.1 Å². The van der Waals surface area contributed by atoms with Crippen LogP contribution in [0.15, 0.2) is 34.5 Å². The Hall–Kier alpha value is -2.33. The summed E-state index contributed by atoms with van der Waals surface area (Å²) in [6.07, 6.45) is 1.38. The molecule has 0 aliphatic carbocycles. The van der Waals surface area contributed by atoms with Crippen molar-refractivity contribution in [3.8, 4) is 5.69 Å². The van der Waals surface area contributed by atoms with E-state index >= 15 is 0 Å². The van der Waals surface area contributed by atoms with Crippen molar-refractivity contribution in [2.24, 2.45) is 0 Å². The van der Waals surface area contributed by atoms with E-state index in [4.69, 9.17) is 4.74 Å². The minimum absolute atomic E-state index is 0.0186. The van der Waals surface area contributed by atoms with E-state index in [1.807, 2.05) is 25.1 Å². The molecule has 2 aromatic rings. The summed E-state index contributed by atoms with van der Waals surface area (Å²) in [6, 6.07) is 6.05. The van der Waals surface area contributed by atoms with Gasteiger partial charge < -0.3 is 9.64 Å².